The molecule has 0 aliphatic heterocycles. The molecule has 0 bridgehead atoms. The lowest BCUT2D eigenvalue weighted by Crippen LogP contribution is -2.05. The molecule has 4 nitrogen and oxygen atoms in total. The smallest absolute Gasteiger partial charge is 0.162 e. The van der Waals surface area contributed by atoms with Gasteiger partial charge in [-0.3, -0.25) is 0 Å². The van der Waals surface area contributed by atoms with Crippen LogP contribution >= 0.6 is 0 Å². The van der Waals surface area contributed by atoms with Crippen molar-refractivity contribution in [3.8, 4) is 11.4 Å². The largest absolute Gasteiger partial charge is 0.378 e. The van der Waals surface area contributed by atoms with Gasteiger partial charge < -0.3 is 10.1 Å². The van der Waals surface area contributed by atoms with Crippen LogP contribution in [0, 0.1) is 11.6 Å². The Morgan fingerprint density at radius 2 is 1.80 bits per heavy atom. The highest BCUT2D eigenvalue weighted by molar-refractivity contribution is 5.57. The van der Waals surface area contributed by atoms with E-state index in [1.807, 2.05) is 6.92 Å². The Balaban J connectivity index is 2.48. The summed E-state index contributed by atoms with van der Waals surface area (Å²) >= 11 is 0. The van der Waals surface area contributed by atoms with Crippen LogP contribution in [0.3, 0.4) is 0 Å². The molecule has 1 N–H and O–H groups in total. The van der Waals surface area contributed by atoms with Gasteiger partial charge in [0.2, 0.25) is 0 Å². The Bertz CT molecular complexity index is 560. The van der Waals surface area contributed by atoms with Gasteiger partial charge in [-0.05, 0) is 19.1 Å². The molecule has 2 rings (SSSR count). The highest BCUT2D eigenvalue weighted by Gasteiger charge is 2.09. The van der Waals surface area contributed by atoms with E-state index in [1.54, 1.807) is 13.2 Å². The van der Waals surface area contributed by atoms with E-state index >= 15 is 0 Å². The molecule has 20 heavy (non-hydrogen) atoms. The van der Waals surface area contributed by atoms with Crippen molar-refractivity contribution in [3.63, 3.8) is 0 Å². The van der Waals surface area contributed by atoms with E-state index in [-0.39, 0.29) is 5.82 Å². The summed E-state index contributed by atoms with van der Waals surface area (Å²) in [6, 6.07) is 4.95. The van der Waals surface area contributed by atoms with Gasteiger partial charge in [0, 0.05) is 31.4 Å². The minimum Gasteiger partial charge on any atom is -0.378 e. The van der Waals surface area contributed by atoms with Crippen molar-refractivity contribution in [1.29, 1.82) is 0 Å². The number of rotatable bonds is 5. The summed E-state index contributed by atoms with van der Waals surface area (Å²) < 4.78 is 31.6. The maximum Gasteiger partial charge on any atom is 0.162 e. The first-order chi connectivity index (χ1) is 9.62. The van der Waals surface area contributed by atoms with Crippen molar-refractivity contribution < 1.29 is 13.5 Å². The average Bonchev–Trinajstić information content (AvgIpc) is 2.38. The highest BCUT2D eigenvalue weighted by Crippen LogP contribution is 2.20. The van der Waals surface area contributed by atoms with Gasteiger partial charge in [0.05, 0.1) is 12.3 Å². The molecule has 0 radical (unpaired) electrons. The molecule has 0 saturated carbocycles. The zero-order valence-corrected chi connectivity index (χ0v) is 11.3. The summed E-state index contributed by atoms with van der Waals surface area (Å²) in [6.45, 7) is 2.91. The normalized spacial score (nSPS) is 10.6. The van der Waals surface area contributed by atoms with Gasteiger partial charge in [0.25, 0.3) is 0 Å². The molecule has 0 fully saturated rings. The topological polar surface area (TPSA) is 47.0 Å². The third-order valence-corrected chi connectivity index (χ3v) is 2.55. The van der Waals surface area contributed by atoms with E-state index in [9.17, 15) is 8.78 Å². The molecule has 0 spiro atoms. The number of ether oxygens (including phenoxy) is 1. The summed E-state index contributed by atoms with van der Waals surface area (Å²) in [5.74, 6) is -0.473. The summed E-state index contributed by atoms with van der Waals surface area (Å²) in [6.07, 6.45) is 0. The van der Waals surface area contributed by atoms with Crippen LogP contribution < -0.4 is 5.32 Å². The van der Waals surface area contributed by atoms with E-state index in [0.717, 1.165) is 6.07 Å². The van der Waals surface area contributed by atoms with Gasteiger partial charge in [-0.2, -0.15) is 0 Å². The molecule has 106 valence electrons. The quantitative estimate of drug-likeness (QED) is 0.914. The standard InChI is InChI=1S/C14H15F2N3O/c1-3-17-13-7-12(8-20-2)18-14(19-13)9-4-10(15)6-11(16)5-9/h4-7H,3,8H2,1-2H3,(H,17,18,19). The van der Waals surface area contributed by atoms with Crippen LogP contribution in [0.25, 0.3) is 11.4 Å². The second-order valence-corrected chi connectivity index (χ2v) is 4.19. The number of hydrogen-bond acceptors (Lipinski definition) is 4. The van der Waals surface area contributed by atoms with Gasteiger partial charge in [0.1, 0.15) is 17.5 Å². The lowest BCUT2D eigenvalue weighted by atomic mass is 10.2. The molecule has 0 aliphatic rings. The van der Waals surface area contributed by atoms with Crippen molar-refractivity contribution in [1.82, 2.24) is 9.97 Å². The second-order valence-electron chi connectivity index (χ2n) is 4.19. The fraction of sp³-hybridized carbons (Fsp3) is 0.286. The van der Waals surface area contributed by atoms with Crippen LogP contribution in [0.2, 0.25) is 0 Å². The zero-order valence-electron chi connectivity index (χ0n) is 11.3. The molecule has 2 aromatic rings. The number of halogens is 2. The Kier molecular flexibility index (Phi) is 4.57. The Labute approximate surface area is 115 Å². The van der Waals surface area contributed by atoms with E-state index in [0.29, 0.717) is 30.2 Å². The minimum absolute atomic E-state index is 0.258. The van der Waals surface area contributed by atoms with Crippen LogP contribution in [-0.2, 0) is 11.3 Å². The molecule has 0 unspecified atom stereocenters. The van der Waals surface area contributed by atoms with E-state index in [1.165, 1.54) is 12.1 Å². The predicted octanol–water partition coefficient (Wildman–Crippen LogP) is 3.00. The monoisotopic (exact) mass is 279 g/mol. The molecular formula is C14H15F2N3O. The number of methoxy groups -OCH3 is 1. The summed E-state index contributed by atoms with van der Waals surface area (Å²) in [7, 11) is 1.55. The second kappa shape index (κ2) is 6.38. The predicted molar refractivity (Wildman–Crippen MR) is 72.3 cm³/mol. The van der Waals surface area contributed by atoms with Crippen molar-refractivity contribution in [2.75, 3.05) is 19.0 Å². The number of benzene rings is 1. The molecule has 6 heteroatoms. The molecule has 0 saturated heterocycles. The van der Waals surface area contributed by atoms with Crippen LogP contribution in [-0.4, -0.2) is 23.6 Å². The average molecular weight is 279 g/mol. The van der Waals surface area contributed by atoms with Crippen LogP contribution in [0.4, 0.5) is 14.6 Å². The fourth-order valence-corrected chi connectivity index (χ4v) is 1.80. The summed E-state index contributed by atoms with van der Waals surface area (Å²) in [5, 5.41) is 3.05. The van der Waals surface area contributed by atoms with E-state index < -0.39 is 11.6 Å². The van der Waals surface area contributed by atoms with Crippen LogP contribution in [0.1, 0.15) is 12.6 Å². The van der Waals surface area contributed by atoms with Crippen molar-refractivity contribution in [2.45, 2.75) is 13.5 Å². The van der Waals surface area contributed by atoms with Crippen LogP contribution in [0.15, 0.2) is 24.3 Å². The van der Waals surface area contributed by atoms with Crippen LogP contribution in [0.5, 0.6) is 0 Å². The third kappa shape index (κ3) is 3.48. The van der Waals surface area contributed by atoms with Crippen molar-refractivity contribution in [3.05, 3.63) is 41.6 Å². The Morgan fingerprint density at radius 1 is 1.10 bits per heavy atom. The molecule has 0 amide bonds. The van der Waals surface area contributed by atoms with Gasteiger partial charge in [0.15, 0.2) is 5.82 Å². The van der Waals surface area contributed by atoms with Gasteiger partial charge in [-0.25, -0.2) is 18.7 Å². The maximum absolute atomic E-state index is 13.3. The molecule has 0 aliphatic carbocycles. The number of aromatic nitrogens is 2. The van der Waals surface area contributed by atoms with Crippen molar-refractivity contribution in [2.24, 2.45) is 0 Å². The number of hydrogen-bond donors (Lipinski definition) is 1. The van der Waals surface area contributed by atoms with E-state index in [4.69, 9.17) is 4.74 Å². The molecule has 1 aromatic carbocycles. The number of anilines is 1. The maximum atomic E-state index is 13.3. The molecule has 0 atom stereocenters. The minimum atomic E-state index is -0.661. The first kappa shape index (κ1) is 14.3. The SMILES string of the molecule is CCNc1cc(COC)nc(-c2cc(F)cc(F)c2)n1. The number of nitrogens with zero attached hydrogens (tertiary/aromatic N) is 2. The third-order valence-electron chi connectivity index (χ3n) is 2.55. The van der Waals surface area contributed by atoms with E-state index in [2.05, 4.69) is 15.3 Å². The summed E-state index contributed by atoms with van der Waals surface area (Å²) in [4.78, 5) is 8.50. The molecule has 1 aromatic heterocycles. The first-order valence-corrected chi connectivity index (χ1v) is 6.19. The lowest BCUT2D eigenvalue weighted by molar-refractivity contribution is 0.181. The van der Waals surface area contributed by atoms with Gasteiger partial charge in [-0.15, -0.1) is 0 Å². The zero-order chi connectivity index (χ0) is 14.5. The molecule has 1 heterocycles. The highest BCUT2D eigenvalue weighted by atomic mass is 19.1. The number of nitrogens with one attached hydrogen (secondary N) is 1. The summed E-state index contributed by atoms with van der Waals surface area (Å²) in [5.41, 5.74) is 0.928. The van der Waals surface area contributed by atoms with Gasteiger partial charge >= 0.3 is 0 Å². The Morgan fingerprint density at radius 3 is 2.40 bits per heavy atom. The Hall–Kier alpha value is -2.08. The first-order valence-electron chi connectivity index (χ1n) is 6.19. The lowest BCUT2D eigenvalue weighted by Gasteiger charge is -2.09. The fourth-order valence-electron chi connectivity index (χ4n) is 1.80. The van der Waals surface area contributed by atoms with Crippen molar-refractivity contribution >= 4 is 5.82 Å². The van der Waals surface area contributed by atoms with Gasteiger partial charge in [-0.1, -0.05) is 0 Å². The molecular weight excluding hydrogens is 264 g/mol.